The van der Waals surface area contributed by atoms with Gasteiger partial charge in [0.1, 0.15) is 23.3 Å². The van der Waals surface area contributed by atoms with E-state index in [9.17, 15) is 28.8 Å². The summed E-state index contributed by atoms with van der Waals surface area (Å²) in [5.74, 6) is -0.289. The first kappa shape index (κ1) is 26.1. The van der Waals surface area contributed by atoms with Gasteiger partial charge in [0.15, 0.2) is 17.7 Å². The van der Waals surface area contributed by atoms with Crippen molar-refractivity contribution in [2.24, 2.45) is 0 Å². The van der Waals surface area contributed by atoms with Gasteiger partial charge in [-0.05, 0) is 6.92 Å². The molecule has 10 N–H and O–H groups in total. The average Bonchev–Trinajstić information content (AvgIpc) is 3.10. The van der Waals surface area contributed by atoms with Crippen molar-refractivity contribution in [2.75, 3.05) is 18.1 Å². The Balaban J connectivity index is 1.77. The molecule has 0 aliphatic carbocycles. The molecule has 22 heteroatoms. The van der Waals surface area contributed by atoms with E-state index in [1.807, 2.05) is 0 Å². The van der Waals surface area contributed by atoms with Crippen LogP contribution >= 0.6 is 23.5 Å². The molecule has 4 unspecified atom stereocenters. The van der Waals surface area contributed by atoms with E-state index in [0.29, 0.717) is 0 Å². The molecule has 2 aromatic rings. The fourth-order valence-electron chi connectivity index (χ4n) is 2.98. The Morgan fingerprint density at radius 2 is 1.79 bits per heavy atom. The number of phosphoric ester groups is 1. The van der Waals surface area contributed by atoms with Gasteiger partial charge in [0.2, 0.25) is 5.95 Å². The van der Waals surface area contributed by atoms with Crippen molar-refractivity contribution < 1.29 is 61.4 Å². The van der Waals surface area contributed by atoms with E-state index in [4.69, 9.17) is 30.9 Å². The lowest BCUT2D eigenvalue weighted by Crippen LogP contribution is -2.44. The molecule has 3 heterocycles. The summed E-state index contributed by atoms with van der Waals surface area (Å²) in [6, 6.07) is 0. The molecule has 1 saturated heterocycles. The van der Waals surface area contributed by atoms with Gasteiger partial charge in [-0.1, -0.05) is 0 Å². The lowest BCUT2D eigenvalue weighted by atomic mass is 9.96. The monoisotopic (exact) mass is 536 g/mol. The van der Waals surface area contributed by atoms with Crippen LogP contribution in [0, 0.1) is 0 Å². The highest BCUT2D eigenvalue weighted by Crippen LogP contribution is 2.66. The van der Waals surface area contributed by atoms with Crippen molar-refractivity contribution in [3.05, 3.63) is 6.33 Å². The molecule has 1 aliphatic heterocycles. The molecule has 2 aromatic heterocycles. The van der Waals surface area contributed by atoms with Gasteiger partial charge >= 0.3 is 23.5 Å². The molecule has 3 rings (SSSR count). The second kappa shape index (κ2) is 8.58. The topological polar surface area (TPSA) is 305 Å². The quantitative estimate of drug-likeness (QED) is 0.175. The molecule has 186 valence electrons. The predicted octanol–water partition coefficient (Wildman–Crippen LogP) is -1.66. The Bertz CT molecular complexity index is 1200. The summed E-state index contributed by atoms with van der Waals surface area (Å²) in [6.07, 6.45) is -3.53. The first-order valence-electron chi connectivity index (χ1n) is 8.51. The van der Waals surface area contributed by atoms with E-state index in [1.165, 1.54) is 0 Å². The van der Waals surface area contributed by atoms with Gasteiger partial charge in [-0.2, -0.15) is 18.6 Å². The zero-order valence-corrected chi connectivity index (χ0v) is 19.0. The minimum atomic E-state index is -5.73. The molecule has 0 saturated carbocycles. The highest BCUT2D eigenvalue weighted by molar-refractivity contribution is 7.66. The molecule has 0 aromatic carbocycles. The second-order valence-electron chi connectivity index (χ2n) is 6.88. The number of nitrogen functional groups attached to an aromatic ring is 2. The summed E-state index contributed by atoms with van der Waals surface area (Å²) in [6.45, 7) is 0.163. The number of phosphoric acid groups is 3. The Labute approximate surface area is 183 Å². The van der Waals surface area contributed by atoms with Crippen molar-refractivity contribution in [3.8, 4) is 0 Å². The number of nitrogens with zero attached hydrogens (tertiary/aromatic N) is 4. The highest BCUT2D eigenvalue weighted by atomic mass is 31.3. The normalized spacial score (nSPS) is 29.7. The van der Waals surface area contributed by atoms with Gasteiger partial charge < -0.3 is 46.0 Å². The standard InChI is InChI=1S/C11H19N6O13P3/c1-11(19)6(18)4(2-27-32(23,24)30-33(25,26)29-31(20,21)22)28-9(11)17-3-14-5-7(12)15-10(13)16-8(5)17/h3-4,6,9,18-19H,2H2,1H3,(H,23,24)(H,25,26)(H2,20,21,22)(H4,12,13,15,16)/t4-,6?,9-,11?/m1/s1. The summed E-state index contributed by atoms with van der Waals surface area (Å²) in [7, 11) is -16.8. The van der Waals surface area contributed by atoms with Crippen molar-refractivity contribution in [3.63, 3.8) is 0 Å². The van der Waals surface area contributed by atoms with Gasteiger partial charge in [-0.3, -0.25) is 9.09 Å². The van der Waals surface area contributed by atoms with Crippen LogP contribution in [0.1, 0.15) is 13.2 Å². The maximum atomic E-state index is 11.9. The third-order valence-corrected chi connectivity index (χ3v) is 8.09. The highest BCUT2D eigenvalue weighted by Gasteiger charge is 2.54. The number of aliphatic hydroxyl groups excluding tert-OH is 1. The average molecular weight is 536 g/mol. The van der Waals surface area contributed by atoms with Gasteiger partial charge in [-0.15, -0.1) is 0 Å². The third kappa shape index (κ3) is 5.75. The van der Waals surface area contributed by atoms with Crippen LogP contribution in [0.5, 0.6) is 0 Å². The summed E-state index contributed by atoms with van der Waals surface area (Å²) < 4.78 is 52.2. The van der Waals surface area contributed by atoms with E-state index >= 15 is 0 Å². The fourth-order valence-corrected chi connectivity index (χ4v) is 6.01. The molecule has 1 fully saturated rings. The minimum Gasteiger partial charge on any atom is -0.387 e. The van der Waals surface area contributed by atoms with Gasteiger partial charge in [0, 0.05) is 0 Å². The largest absolute Gasteiger partial charge is 0.490 e. The molecule has 0 spiro atoms. The number of hydrogen-bond donors (Lipinski definition) is 8. The molecular formula is C11H19N6O13P3. The first-order chi connectivity index (χ1) is 14.9. The number of aromatic nitrogens is 4. The number of aliphatic hydroxyl groups is 2. The molecule has 6 atom stereocenters. The van der Waals surface area contributed by atoms with E-state index in [1.54, 1.807) is 0 Å². The van der Waals surface area contributed by atoms with Crippen LogP contribution in [-0.2, 0) is 31.6 Å². The van der Waals surface area contributed by atoms with E-state index < -0.39 is 54.1 Å². The maximum Gasteiger partial charge on any atom is 0.490 e. The Morgan fingerprint density at radius 1 is 1.15 bits per heavy atom. The van der Waals surface area contributed by atoms with E-state index in [0.717, 1.165) is 17.8 Å². The number of ether oxygens (including phenoxy) is 1. The molecule has 0 bridgehead atoms. The number of hydrogen-bond acceptors (Lipinski definition) is 14. The molecule has 0 radical (unpaired) electrons. The summed E-state index contributed by atoms with van der Waals surface area (Å²) >= 11 is 0. The van der Waals surface area contributed by atoms with E-state index in [-0.39, 0.29) is 22.9 Å². The number of imidazole rings is 1. The third-order valence-electron chi connectivity index (χ3n) is 4.29. The number of rotatable bonds is 8. The molecular weight excluding hydrogens is 517 g/mol. The van der Waals surface area contributed by atoms with E-state index in [2.05, 4.69) is 28.1 Å². The lowest BCUT2D eigenvalue weighted by molar-refractivity contribution is -0.0949. The van der Waals surface area contributed by atoms with Crippen molar-refractivity contribution in [1.29, 1.82) is 0 Å². The van der Waals surface area contributed by atoms with Crippen molar-refractivity contribution >= 4 is 46.4 Å². The van der Waals surface area contributed by atoms with Crippen LogP contribution in [-0.4, -0.2) is 73.7 Å². The van der Waals surface area contributed by atoms with Crippen molar-refractivity contribution in [2.45, 2.75) is 31.0 Å². The molecule has 19 nitrogen and oxygen atoms in total. The van der Waals surface area contributed by atoms with Crippen LogP contribution in [0.3, 0.4) is 0 Å². The lowest BCUT2D eigenvalue weighted by Gasteiger charge is -2.27. The zero-order chi connectivity index (χ0) is 25.0. The minimum absolute atomic E-state index is 0.0333. The van der Waals surface area contributed by atoms with Crippen molar-refractivity contribution in [1.82, 2.24) is 19.5 Å². The molecule has 1 aliphatic rings. The smallest absolute Gasteiger partial charge is 0.387 e. The molecule has 33 heavy (non-hydrogen) atoms. The second-order valence-corrected chi connectivity index (χ2v) is 11.3. The molecule has 0 amide bonds. The fraction of sp³-hybridized carbons (Fsp3) is 0.545. The maximum absolute atomic E-state index is 11.9. The number of nitrogens with two attached hydrogens (primary N) is 2. The van der Waals surface area contributed by atoms with Gasteiger partial charge in [-0.25, -0.2) is 18.7 Å². The first-order valence-corrected chi connectivity index (χ1v) is 13.0. The number of anilines is 2. The van der Waals surface area contributed by atoms with Crippen LogP contribution in [0.15, 0.2) is 6.33 Å². The predicted molar refractivity (Wildman–Crippen MR) is 105 cm³/mol. The summed E-state index contributed by atoms with van der Waals surface area (Å²) in [5.41, 5.74) is 9.36. The van der Waals surface area contributed by atoms with Gasteiger partial charge in [0.25, 0.3) is 0 Å². The van der Waals surface area contributed by atoms with Gasteiger partial charge in [0.05, 0.1) is 12.9 Å². The SMILES string of the molecule is CC1(O)C(O)[C@@H](COP(=O)(O)OP(=O)(O)OP(=O)(O)O)O[C@H]1n1cnc2c(N)nc(N)nc21. The number of fused-ring (bicyclic) bond motifs is 1. The van der Waals surface area contributed by atoms with Crippen LogP contribution in [0.4, 0.5) is 11.8 Å². The van der Waals surface area contributed by atoms with Crippen LogP contribution < -0.4 is 11.5 Å². The zero-order valence-electron chi connectivity index (χ0n) is 16.3. The Kier molecular flexibility index (Phi) is 6.78. The Hall–Kier alpha value is -1.56. The summed E-state index contributed by atoms with van der Waals surface area (Å²) in [4.78, 5) is 47.5. The van der Waals surface area contributed by atoms with Crippen LogP contribution in [0.25, 0.3) is 11.2 Å². The Morgan fingerprint density at radius 3 is 2.39 bits per heavy atom. The van der Waals surface area contributed by atoms with Crippen LogP contribution in [0.2, 0.25) is 0 Å². The summed E-state index contributed by atoms with van der Waals surface area (Å²) in [5, 5.41) is 21.2.